The van der Waals surface area contributed by atoms with E-state index in [1.807, 2.05) is 6.92 Å². The van der Waals surface area contributed by atoms with Crippen molar-refractivity contribution in [2.24, 2.45) is 11.8 Å². The van der Waals surface area contributed by atoms with E-state index < -0.39 is 0 Å². The van der Waals surface area contributed by atoms with Gasteiger partial charge < -0.3 is 10.2 Å². The lowest BCUT2D eigenvalue weighted by Gasteiger charge is -2.34. The van der Waals surface area contributed by atoms with Gasteiger partial charge in [0, 0.05) is 26.2 Å². The van der Waals surface area contributed by atoms with Crippen LogP contribution in [-0.2, 0) is 4.79 Å². The van der Waals surface area contributed by atoms with Gasteiger partial charge in [0.1, 0.15) is 18.7 Å². The van der Waals surface area contributed by atoms with Crippen LogP contribution in [0, 0.1) is 11.8 Å². The zero-order valence-corrected chi connectivity index (χ0v) is 12.6. The van der Waals surface area contributed by atoms with Gasteiger partial charge in [0.15, 0.2) is 0 Å². The molecule has 1 saturated heterocycles. The van der Waals surface area contributed by atoms with E-state index in [2.05, 4.69) is 34.1 Å². The molecule has 6 heteroatoms. The molecule has 3 atom stereocenters. The first-order chi connectivity index (χ1) is 9.56. The Bertz CT molecular complexity index is 409. The Balaban J connectivity index is 1.71. The Morgan fingerprint density at radius 3 is 2.70 bits per heavy atom. The molecule has 0 saturated carbocycles. The minimum Gasteiger partial charge on any atom is -0.353 e. The Hall–Kier alpha value is -1.43. The third-order valence-corrected chi connectivity index (χ3v) is 3.88. The number of carbonyl (C=O) groups is 1. The topological polar surface area (TPSA) is 63.1 Å². The third kappa shape index (κ3) is 4.03. The largest absolute Gasteiger partial charge is 0.353 e. The predicted octanol–water partition coefficient (Wildman–Crippen LogP) is 0.933. The van der Waals surface area contributed by atoms with E-state index in [4.69, 9.17) is 0 Å². The summed E-state index contributed by atoms with van der Waals surface area (Å²) in [7, 11) is 0. The number of amides is 1. The van der Waals surface area contributed by atoms with Crippen LogP contribution in [0.4, 0.5) is 0 Å². The van der Waals surface area contributed by atoms with Gasteiger partial charge in [0.05, 0.1) is 0 Å². The second kappa shape index (κ2) is 6.83. The Morgan fingerprint density at radius 2 is 2.10 bits per heavy atom. The second-order valence-electron chi connectivity index (χ2n) is 6.05. The maximum absolute atomic E-state index is 12.0. The molecule has 1 aliphatic heterocycles. The molecule has 2 heterocycles. The van der Waals surface area contributed by atoms with Crippen LogP contribution in [0.2, 0.25) is 0 Å². The smallest absolute Gasteiger partial charge is 0.244 e. The van der Waals surface area contributed by atoms with Crippen molar-refractivity contribution < 1.29 is 4.79 Å². The highest BCUT2D eigenvalue weighted by Crippen LogP contribution is 2.20. The maximum atomic E-state index is 12.0. The van der Waals surface area contributed by atoms with Crippen molar-refractivity contribution >= 4 is 5.91 Å². The van der Waals surface area contributed by atoms with Crippen molar-refractivity contribution in [1.82, 2.24) is 25.0 Å². The van der Waals surface area contributed by atoms with Crippen LogP contribution < -0.4 is 5.32 Å². The minimum atomic E-state index is -0.309. The van der Waals surface area contributed by atoms with Crippen molar-refractivity contribution in [2.75, 3.05) is 26.2 Å². The zero-order chi connectivity index (χ0) is 14.5. The molecule has 0 aromatic carbocycles. The number of nitrogens with zero attached hydrogens (tertiary/aromatic N) is 4. The fourth-order valence-electron chi connectivity index (χ4n) is 3.00. The summed E-state index contributed by atoms with van der Waals surface area (Å²) in [5.74, 6) is 1.50. The lowest BCUT2D eigenvalue weighted by molar-refractivity contribution is -0.124. The SMILES string of the molecule is CC1CC(C)CN(CCNC(=O)C(C)n2cncn2)C1. The lowest BCUT2D eigenvalue weighted by atomic mass is 9.92. The van der Waals surface area contributed by atoms with Gasteiger partial charge in [-0.25, -0.2) is 9.67 Å². The van der Waals surface area contributed by atoms with Gasteiger partial charge >= 0.3 is 0 Å². The number of hydrogen-bond donors (Lipinski definition) is 1. The molecule has 0 radical (unpaired) electrons. The fraction of sp³-hybridized carbons (Fsp3) is 0.786. The molecule has 1 amide bonds. The van der Waals surface area contributed by atoms with Crippen LogP contribution in [0.15, 0.2) is 12.7 Å². The highest BCUT2D eigenvalue weighted by atomic mass is 16.2. The van der Waals surface area contributed by atoms with E-state index in [-0.39, 0.29) is 11.9 Å². The van der Waals surface area contributed by atoms with Gasteiger partial charge in [-0.05, 0) is 25.2 Å². The number of rotatable bonds is 5. The summed E-state index contributed by atoms with van der Waals surface area (Å²) < 4.78 is 1.57. The number of piperidine rings is 1. The first-order valence-corrected chi connectivity index (χ1v) is 7.40. The average Bonchev–Trinajstić information content (AvgIpc) is 2.90. The molecule has 20 heavy (non-hydrogen) atoms. The van der Waals surface area contributed by atoms with Crippen molar-refractivity contribution in [3.63, 3.8) is 0 Å². The van der Waals surface area contributed by atoms with Gasteiger partial charge in [-0.3, -0.25) is 4.79 Å². The van der Waals surface area contributed by atoms with Gasteiger partial charge in [0.25, 0.3) is 0 Å². The minimum absolute atomic E-state index is 0.00592. The van der Waals surface area contributed by atoms with E-state index in [0.29, 0.717) is 6.54 Å². The van der Waals surface area contributed by atoms with E-state index >= 15 is 0 Å². The number of likely N-dealkylation sites (tertiary alicyclic amines) is 1. The molecule has 6 nitrogen and oxygen atoms in total. The van der Waals surface area contributed by atoms with Crippen LogP contribution in [0.25, 0.3) is 0 Å². The second-order valence-corrected chi connectivity index (χ2v) is 6.05. The molecule has 1 N–H and O–H groups in total. The Kier molecular flexibility index (Phi) is 5.11. The first kappa shape index (κ1) is 15.0. The summed E-state index contributed by atoms with van der Waals surface area (Å²) in [6, 6.07) is -0.309. The summed E-state index contributed by atoms with van der Waals surface area (Å²) >= 11 is 0. The highest BCUT2D eigenvalue weighted by molar-refractivity contribution is 5.79. The summed E-state index contributed by atoms with van der Waals surface area (Å²) in [6.45, 7) is 10.3. The number of carbonyl (C=O) groups excluding carboxylic acids is 1. The van der Waals surface area contributed by atoms with Crippen LogP contribution in [-0.4, -0.2) is 51.8 Å². The van der Waals surface area contributed by atoms with Crippen LogP contribution in [0.5, 0.6) is 0 Å². The van der Waals surface area contributed by atoms with Crippen molar-refractivity contribution in [3.05, 3.63) is 12.7 Å². The van der Waals surface area contributed by atoms with Crippen molar-refractivity contribution in [3.8, 4) is 0 Å². The van der Waals surface area contributed by atoms with Gasteiger partial charge in [-0.1, -0.05) is 13.8 Å². The third-order valence-electron chi connectivity index (χ3n) is 3.88. The molecule has 0 aliphatic carbocycles. The molecule has 1 aromatic heterocycles. The van der Waals surface area contributed by atoms with Crippen LogP contribution >= 0.6 is 0 Å². The first-order valence-electron chi connectivity index (χ1n) is 7.40. The van der Waals surface area contributed by atoms with Gasteiger partial charge in [-0.15, -0.1) is 0 Å². The fourth-order valence-corrected chi connectivity index (χ4v) is 3.00. The molecule has 3 unspecified atom stereocenters. The molecule has 112 valence electrons. The quantitative estimate of drug-likeness (QED) is 0.871. The van der Waals surface area contributed by atoms with E-state index in [0.717, 1.165) is 31.5 Å². The molecular weight excluding hydrogens is 254 g/mol. The molecule has 0 spiro atoms. The summed E-state index contributed by atoms with van der Waals surface area (Å²) in [4.78, 5) is 18.3. The molecule has 1 aromatic rings. The van der Waals surface area contributed by atoms with Crippen LogP contribution in [0.3, 0.4) is 0 Å². The van der Waals surface area contributed by atoms with E-state index in [1.165, 1.54) is 12.7 Å². The summed E-state index contributed by atoms with van der Waals surface area (Å²) in [5.41, 5.74) is 0. The van der Waals surface area contributed by atoms with E-state index in [9.17, 15) is 4.79 Å². The van der Waals surface area contributed by atoms with Crippen molar-refractivity contribution in [1.29, 1.82) is 0 Å². The lowest BCUT2D eigenvalue weighted by Crippen LogP contribution is -2.43. The maximum Gasteiger partial charge on any atom is 0.244 e. The monoisotopic (exact) mass is 279 g/mol. The number of aromatic nitrogens is 3. The van der Waals surface area contributed by atoms with E-state index in [1.54, 1.807) is 11.0 Å². The molecule has 1 fully saturated rings. The standard InChI is InChI=1S/C14H25N5O/c1-11-6-12(2)8-18(7-11)5-4-16-14(20)13(3)19-10-15-9-17-19/h9-13H,4-8H2,1-3H3,(H,16,20). The highest BCUT2D eigenvalue weighted by Gasteiger charge is 2.21. The normalized spacial score (nSPS) is 25.4. The summed E-state index contributed by atoms with van der Waals surface area (Å²) in [6.07, 6.45) is 4.32. The zero-order valence-electron chi connectivity index (χ0n) is 12.6. The molecule has 1 aliphatic rings. The molecule has 0 bridgehead atoms. The van der Waals surface area contributed by atoms with Crippen LogP contribution in [0.1, 0.15) is 33.2 Å². The average molecular weight is 279 g/mol. The van der Waals surface area contributed by atoms with Gasteiger partial charge in [0.2, 0.25) is 5.91 Å². The molecule has 2 rings (SSSR count). The Labute approximate surface area is 120 Å². The Morgan fingerprint density at radius 1 is 1.40 bits per heavy atom. The van der Waals surface area contributed by atoms with Crippen molar-refractivity contribution in [2.45, 2.75) is 33.2 Å². The summed E-state index contributed by atoms with van der Waals surface area (Å²) in [5, 5.41) is 6.97. The number of hydrogen-bond acceptors (Lipinski definition) is 4. The molecular formula is C14H25N5O. The number of nitrogens with one attached hydrogen (secondary N) is 1. The predicted molar refractivity (Wildman–Crippen MR) is 77.1 cm³/mol. The van der Waals surface area contributed by atoms with Gasteiger partial charge in [-0.2, -0.15) is 5.10 Å².